The highest BCUT2D eigenvalue weighted by Gasteiger charge is 2.34. The maximum absolute atomic E-state index is 6.02. The molecule has 2 rings (SSSR count). The standard InChI is InChI=1S/C16H24BrNO/c1-3-16(4-2)11-14(9-10-19-16)18-12-13-7-5-6-8-15(13)17/h5-8,14,18H,3-4,9-12H2,1-2H3. The highest BCUT2D eigenvalue weighted by Crippen LogP contribution is 2.31. The maximum atomic E-state index is 6.02. The zero-order chi connectivity index (χ0) is 13.7. The summed E-state index contributed by atoms with van der Waals surface area (Å²) in [6.45, 7) is 6.28. The molecule has 1 aromatic carbocycles. The fraction of sp³-hybridized carbons (Fsp3) is 0.625. The molecule has 0 aromatic heterocycles. The van der Waals surface area contributed by atoms with Crippen LogP contribution >= 0.6 is 15.9 Å². The van der Waals surface area contributed by atoms with Crippen molar-refractivity contribution < 1.29 is 4.74 Å². The summed E-state index contributed by atoms with van der Waals surface area (Å²) in [7, 11) is 0. The van der Waals surface area contributed by atoms with E-state index in [1.807, 2.05) is 0 Å². The van der Waals surface area contributed by atoms with E-state index in [0.29, 0.717) is 6.04 Å². The second-order valence-corrected chi connectivity index (χ2v) is 6.25. The third-order valence-corrected chi connectivity index (χ3v) is 5.09. The molecule has 0 bridgehead atoms. The van der Waals surface area contributed by atoms with Gasteiger partial charge in [0.2, 0.25) is 0 Å². The number of hydrogen-bond acceptors (Lipinski definition) is 2. The van der Waals surface area contributed by atoms with Gasteiger partial charge in [-0.1, -0.05) is 48.0 Å². The Hall–Kier alpha value is -0.380. The summed E-state index contributed by atoms with van der Waals surface area (Å²) < 4.78 is 7.21. The predicted octanol–water partition coefficient (Wildman–Crippen LogP) is 4.28. The van der Waals surface area contributed by atoms with Gasteiger partial charge in [-0.2, -0.15) is 0 Å². The quantitative estimate of drug-likeness (QED) is 0.872. The Morgan fingerprint density at radius 1 is 1.32 bits per heavy atom. The predicted molar refractivity (Wildman–Crippen MR) is 83.3 cm³/mol. The fourth-order valence-corrected chi connectivity index (χ4v) is 3.27. The number of ether oxygens (including phenoxy) is 1. The molecule has 0 radical (unpaired) electrons. The summed E-state index contributed by atoms with van der Waals surface area (Å²) in [5.41, 5.74) is 1.43. The van der Waals surface area contributed by atoms with Crippen molar-refractivity contribution in [3.8, 4) is 0 Å². The smallest absolute Gasteiger partial charge is 0.0692 e. The van der Waals surface area contributed by atoms with Crippen molar-refractivity contribution in [2.45, 2.75) is 57.7 Å². The molecule has 1 saturated heterocycles. The summed E-state index contributed by atoms with van der Waals surface area (Å²) in [5.74, 6) is 0. The average molecular weight is 326 g/mol. The van der Waals surface area contributed by atoms with Crippen LogP contribution in [-0.4, -0.2) is 18.2 Å². The lowest BCUT2D eigenvalue weighted by atomic mass is 9.86. The van der Waals surface area contributed by atoms with Crippen LogP contribution in [0.2, 0.25) is 0 Å². The summed E-state index contributed by atoms with van der Waals surface area (Å²) in [5, 5.41) is 3.69. The molecular formula is C16H24BrNO. The molecule has 1 aliphatic rings. The van der Waals surface area contributed by atoms with Crippen LogP contribution in [0.5, 0.6) is 0 Å². The minimum Gasteiger partial charge on any atom is -0.375 e. The molecule has 0 spiro atoms. The van der Waals surface area contributed by atoms with Crippen LogP contribution in [0.15, 0.2) is 28.7 Å². The lowest BCUT2D eigenvalue weighted by Crippen LogP contribution is -2.46. The van der Waals surface area contributed by atoms with Gasteiger partial charge >= 0.3 is 0 Å². The number of halogens is 1. The van der Waals surface area contributed by atoms with Crippen LogP contribution in [0.25, 0.3) is 0 Å². The van der Waals surface area contributed by atoms with Gasteiger partial charge in [0.25, 0.3) is 0 Å². The first-order valence-electron chi connectivity index (χ1n) is 7.30. The van der Waals surface area contributed by atoms with E-state index >= 15 is 0 Å². The molecule has 1 unspecified atom stereocenters. The van der Waals surface area contributed by atoms with Crippen LogP contribution in [-0.2, 0) is 11.3 Å². The molecule has 1 heterocycles. The molecule has 1 N–H and O–H groups in total. The van der Waals surface area contributed by atoms with Gasteiger partial charge in [-0.25, -0.2) is 0 Å². The average Bonchev–Trinajstić information content (AvgIpc) is 2.46. The molecule has 1 atom stereocenters. The largest absolute Gasteiger partial charge is 0.375 e. The number of benzene rings is 1. The maximum Gasteiger partial charge on any atom is 0.0692 e. The van der Waals surface area contributed by atoms with Gasteiger partial charge in [-0.05, 0) is 37.3 Å². The Morgan fingerprint density at radius 2 is 2.05 bits per heavy atom. The second kappa shape index (κ2) is 6.87. The lowest BCUT2D eigenvalue weighted by Gasteiger charge is -2.40. The van der Waals surface area contributed by atoms with Crippen LogP contribution in [0, 0.1) is 0 Å². The number of rotatable bonds is 5. The molecule has 0 amide bonds. The van der Waals surface area contributed by atoms with E-state index < -0.39 is 0 Å². The van der Waals surface area contributed by atoms with Gasteiger partial charge in [-0.3, -0.25) is 0 Å². The number of nitrogens with one attached hydrogen (secondary N) is 1. The summed E-state index contributed by atoms with van der Waals surface area (Å²) in [6.07, 6.45) is 4.46. The van der Waals surface area contributed by atoms with E-state index in [2.05, 4.69) is 59.4 Å². The van der Waals surface area contributed by atoms with E-state index in [0.717, 1.165) is 38.8 Å². The molecule has 0 aliphatic carbocycles. The second-order valence-electron chi connectivity index (χ2n) is 5.40. The molecule has 19 heavy (non-hydrogen) atoms. The highest BCUT2D eigenvalue weighted by molar-refractivity contribution is 9.10. The van der Waals surface area contributed by atoms with Crippen molar-refractivity contribution in [2.75, 3.05) is 6.61 Å². The Labute approximate surface area is 125 Å². The van der Waals surface area contributed by atoms with E-state index in [4.69, 9.17) is 4.74 Å². The first-order chi connectivity index (χ1) is 9.19. The zero-order valence-corrected chi connectivity index (χ0v) is 13.5. The fourth-order valence-electron chi connectivity index (χ4n) is 2.84. The Morgan fingerprint density at radius 3 is 2.74 bits per heavy atom. The van der Waals surface area contributed by atoms with Crippen molar-refractivity contribution in [1.29, 1.82) is 0 Å². The van der Waals surface area contributed by atoms with Crippen molar-refractivity contribution in [3.05, 3.63) is 34.3 Å². The third kappa shape index (κ3) is 3.80. The first kappa shape index (κ1) is 15.0. The van der Waals surface area contributed by atoms with Crippen LogP contribution in [0.4, 0.5) is 0 Å². The monoisotopic (exact) mass is 325 g/mol. The van der Waals surface area contributed by atoms with E-state index in [9.17, 15) is 0 Å². The summed E-state index contributed by atoms with van der Waals surface area (Å²) in [4.78, 5) is 0. The Bertz CT molecular complexity index is 403. The van der Waals surface area contributed by atoms with Crippen molar-refractivity contribution in [1.82, 2.24) is 5.32 Å². The molecule has 106 valence electrons. The van der Waals surface area contributed by atoms with Gasteiger partial charge in [0.05, 0.1) is 5.60 Å². The molecule has 3 heteroatoms. The first-order valence-corrected chi connectivity index (χ1v) is 8.09. The van der Waals surface area contributed by atoms with E-state index in [1.165, 1.54) is 10.0 Å². The van der Waals surface area contributed by atoms with Crippen molar-refractivity contribution in [2.24, 2.45) is 0 Å². The Kier molecular flexibility index (Phi) is 5.43. The highest BCUT2D eigenvalue weighted by atomic mass is 79.9. The van der Waals surface area contributed by atoms with Crippen LogP contribution < -0.4 is 5.32 Å². The molecule has 1 fully saturated rings. The van der Waals surface area contributed by atoms with E-state index in [1.54, 1.807) is 0 Å². The number of hydrogen-bond donors (Lipinski definition) is 1. The van der Waals surface area contributed by atoms with Gasteiger partial charge < -0.3 is 10.1 Å². The minimum atomic E-state index is 0.101. The van der Waals surface area contributed by atoms with E-state index in [-0.39, 0.29) is 5.60 Å². The molecule has 2 nitrogen and oxygen atoms in total. The third-order valence-electron chi connectivity index (χ3n) is 4.32. The van der Waals surface area contributed by atoms with Gasteiger partial charge in [0.15, 0.2) is 0 Å². The normalized spacial score (nSPS) is 22.4. The van der Waals surface area contributed by atoms with Gasteiger partial charge in [0, 0.05) is 23.7 Å². The van der Waals surface area contributed by atoms with Crippen molar-refractivity contribution >= 4 is 15.9 Å². The van der Waals surface area contributed by atoms with Gasteiger partial charge in [-0.15, -0.1) is 0 Å². The Balaban J connectivity index is 1.91. The van der Waals surface area contributed by atoms with Crippen molar-refractivity contribution in [3.63, 3.8) is 0 Å². The SMILES string of the molecule is CCC1(CC)CC(NCc2ccccc2Br)CCO1. The summed E-state index contributed by atoms with van der Waals surface area (Å²) in [6, 6.07) is 8.99. The molecule has 1 aliphatic heterocycles. The zero-order valence-electron chi connectivity index (χ0n) is 11.9. The molecule has 1 aromatic rings. The molecular weight excluding hydrogens is 302 g/mol. The lowest BCUT2D eigenvalue weighted by molar-refractivity contribution is -0.0932. The van der Waals surface area contributed by atoms with Crippen LogP contribution in [0.3, 0.4) is 0 Å². The van der Waals surface area contributed by atoms with Crippen LogP contribution in [0.1, 0.15) is 45.1 Å². The molecule has 0 saturated carbocycles. The van der Waals surface area contributed by atoms with Gasteiger partial charge in [0.1, 0.15) is 0 Å². The topological polar surface area (TPSA) is 21.3 Å². The summed E-state index contributed by atoms with van der Waals surface area (Å²) >= 11 is 3.61. The minimum absolute atomic E-state index is 0.101.